The lowest BCUT2D eigenvalue weighted by atomic mass is 10.1. The molecule has 0 saturated carbocycles. The lowest BCUT2D eigenvalue weighted by Gasteiger charge is -2.19. The van der Waals surface area contributed by atoms with Crippen molar-refractivity contribution in [3.8, 4) is 11.3 Å². The number of carbonyl (C=O) groups is 1. The summed E-state index contributed by atoms with van der Waals surface area (Å²) in [4.78, 5) is 14.6. The quantitative estimate of drug-likeness (QED) is 0.804. The van der Waals surface area contributed by atoms with Gasteiger partial charge in [0.15, 0.2) is 11.5 Å². The summed E-state index contributed by atoms with van der Waals surface area (Å²) in [5.41, 5.74) is 2.79. The lowest BCUT2D eigenvalue weighted by molar-refractivity contribution is 0.0691. The van der Waals surface area contributed by atoms with Crippen LogP contribution in [0.4, 0.5) is 18.9 Å². The average Bonchev–Trinajstić information content (AvgIpc) is 2.46. The molecule has 0 saturated heterocycles. The summed E-state index contributed by atoms with van der Waals surface area (Å²) in [5, 5.41) is 8.67. The molecular formula is C15H14ClF3N2O2Si. The number of aromatic nitrogens is 1. The molecule has 0 aliphatic heterocycles. The maximum Gasteiger partial charge on any atom is 0.356 e. The molecule has 2 rings (SSSR count). The first-order valence-corrected chi connectivity index (χ1v) is 10.7. The highest BCUT2D eigenvalue weighted by Crippen LogP contribution is 2.33. The Morgan fingerprint density at radius 2 is 1.79 bits per heavy atom. The Morgan fingerprint density at radius 1 is 1.21 bits per heavy atom. The molecule has 128 valence electrons. The maximum absolute atomic E-state index is 14.4. The van der Waals surface area contributed by atoms with Crippen molar-refractivity contribution in [1.29, 1.82) is 0 Å². The van der Waals surface area contributed by atoms with E-state index in [0.29, 0.717) is 0 Å². The highest BCUT2D eigenvalue weighted by molar-refractivity contribution is 6.88. The van der Waals surface area contributed by atoms with Gasteiger partial charge in [-0.1, -0.05) is 31.2 Å². The van der Waals surface area contributed by atoms with Crippen molar-refractivity contribution >= 4 is 36.5 Å². The predicted molar refractivity (Wildman–Crippen MR) is 88.9 cm³/mol. The number of halogens is 4. The second kappa shape index (κ2) is 6.10. The van der Waals surface area contributed by atoms with E-state index < -0.39 is 59.2 Å². The van der Waals surface area contributed by atoms with Gasteiger partial charge < -0.3 is 10.8 Å². The normalized spacial score (nSPS) is 11.6. The molecule has 4 nitrogen and oxygen atoms in total. The van der Waals surface area contributed by atoms with Crippen LogP contribution in [0.25, 0.3) is 11.3 Å². The van der Waals surface area contributed by atoms with Crippen LogP contribution < -0.4 is 10.9 Å². The Hall–Kier alpha value is -2.06. The van der Waals surface area contributed by atoms with Crippen molar-refractivity contribution in [3.05, 3.63) is 40.3 Å². The number of aromatic carboxylic acids is 1. The minimum absolute atomic E-state index is 0.226. The van der Waals surface area contributed by atoms with Crippen molar-refractivity contribution in [3.63, 3.8) is 0 Å². The molecule has 2 aromatic rings. The summed E-state index contributed by atoms with van der Waals surface area (Å²) in [5.74, 6) is -4.40. The summed E-state index contributed by atoms with van der Waals surface area (Å²) < 4.78 is 43.0. The van der Waals surface area contributed by atoms with Crippen LogP contribution in [-0.2, 0) is 0 Å². The van der Waals surface area contributed by atoms with Crippen LogP contribution in [0.2, 0.25) is 24.7 Å². The number of hydrogen-bond acceptors (Lipinski definition) is 3. The topological polar surface area (TPSA) is 76.2 Å². The third kappa shape index (κ3) is 3.11. The Bertz CT molecular complexity index is 854. The first-order chi connectivity index (χ1) is 10.9. The van der Waals surface area contributed by atoms with E-state index in [2.05, 4.69) is 4.98 Å². The van der Waals surface area contributed by atoms with E-state index in [1.54, 1.807) is 0 Å². The van der Waals surface area contributed by atoms with Gasteiger partial charge >= 0.3 is 5.97 Å². The molecule has 0 aliphatic rings. The molecule has 0 bridgehead atoms. The number of carboxylic acids is 1. The fourth-order valence-corrected chi connectivity index (χ4v) is 3.74. The van der Waals surface area contributed by atoms with Gasteiger partial charge in [-0.3, -0.25) is 0 Å². The van der Waals surface area contributed by atoms with Crippen LogP contribution in [0.1, 0.15) is 10.5 Å². The number of rotatable bonds is 3. The molecule has 1 aromatic carbocycles. The first kappa shape index (κ1) is 18.3. The van der Waals surface area contributed by atoms with E-state index >= 15 is 0 Å². The van der Waals surface area contributed by atoms with Crippen molar-refractivity contribution < 1.29 is 23.1 Å². The summed E-state index contributed by atoms with van der Waals surface area (Å²) in [6.45, 7) is 5.48. The van der Waals surface area contributed by atoms with Gasteiger partial charge in [0.2, 0.25) is 0 Å². The predicted octanol–water partition coefficient (Wildman–Crippen LogP) is 3.64. The molecule has 1 aromatic heterocycles. The second-order valence-electron chi connectivity index (χ2n) is 6.22. The van der Waals surface area contributed by atoms with Gasteiger partial charge in [0.1, 0.15) is 17.3 Å². The van der Waals surface area contributed by atoms with Crippen molar-refractivity contribution in [2.24, 2.45) is 0 Å². The monoisotopic (exact) mass is 374 g/mol. The van der Waals surface area contributed by atoms with E-state index in [1.807, 2.05) is 19.6 Å². The SMILES string of the molecule is C[Si](C)(C)c1cc(F)c(-c2nc(C(=O)O)c(Cl)c(N)c2F)cc1F. The van der Waals surface area contributed by atoms with Gasteiger partial charge in [-0.2, -0.15) is 0 Å². The van der Waals surface area contributed by atoms with E-state index in [9.17, 15) is 18.0 Å². The number of benzene rings is 1. The highest BCUT2D eigenvalue weighted by Gasteiger charge is 2.27. The van der Waals surface area contributed by atoms with Gasteiger partial charge in [0.25, 0.3) is 0 Å². The molecule has 1 heterocycles. The molecule has 0 radical (unpaired) electrons. The highest BCUT2D eigenvalue weighted by atomic mass is 35.5. The van der Waals surface area contributed by atoms with E-state index in [-0.39, 0.29) is 5.19 Å². The third-order valence-corrected chi connectivity index (χ3v) is 5.82. The molecule has 24 heavy (non-hydrogen) atoms. The van der Waals surface area contributed by atoms with Crippen molar-refractivity contribution in [2.45, 2.75) is 19.6 Å². The summed E-state index contributed by atoms with van der Waals surface area (Å²) in [6.07, 6.45) is 0. The van der Waals surface area contributed by atoms with Gasteiger partial charge in [-0.15, -0.1) is 0 Å². The lowest BCUT2D eigenvalue weighted by Crippen LogP contribution is -2.40. The number of nitrogens with two attached hydrogens (primary N) is 1. The molecular weight excluding hydrogens is 361 g/mol. The summed E-state index contributed by atoms with van der Waals surface area (Å²) >= 11 is 5.64. The minimum atomic E-state index is -2.16. The maximum atomic E-state index is 14.4. The van der Waals surface area contributed by atoms with Gasteiger partial charge in [-0.05, 0) is 17.3 Å². The first-order valence-electron chi connectivity index (χ1n) is 6.82. The molecule has 9 heteroatoms. The minimum Gasteiger partial charge on any atom is -0.476 e. The van der Waals surface area contributed by atoms with Crippen LogP contribution in [0, 0.1) is 17.5 Å². The third-order valence-electron chi connectivity index (χ3n) is 3.43. The summed E-state index contributed by atoms with van der Waals surface area (Å²) in [6, 6.07) is 1.79. The van der Waals surface area contributed by atoms with Crippen molar-refractivity contribution in [1.82, 2.24) is 4.98 Å². The number of carboxylic acid groups (broad SMARTS) is 1. The van der Waals surface area contributed by atoms with Gasteiger partial charge in [0, 0.05) is 5.56 Å². The Balaban J connectivity index is 2.78. The smallest absolute Gasteiger partial charge is 0.356 e. The molecule has 0 unspecified atom stereocenters. The second-order valence-corrected chi connectivity index (χ2v) is 11.6. The number of anilines is 1. The molecule has 0 amide bonds. The van der Waals surface area contributed by atoms with E-state index in [0.717, 1.165) is 12.1 Å². The molecule has 3 N–H and O–H groups in total. The number of pyridine rings is 1. The van der Waals surface area contributed by atoms with Gasteiger partial charge in [0.05, 0.1) is 18.8 Å². The van der Waals surface area contributed by atoms with Gasteiger partial charge in [-0.25, -0.2) is 22.9 Å². The van der Waals surface area contributed by atoms with E-state index in [4.69, 9.17) is 22.4 Å². The average molecular weight is 375 g/mol. The zero-order valence-electron chi connectivity index (χ0n) is 13.0. The molecule has 0 atom stereocenters. The number of nitrogen functional groups attached to an aromatic ring is 1. The fourth-order valence-electron chi connectivity index (χ4n) is 2.18. The van der Waals surface area contributed by atoms with Crippen molar-refractivity contribution in [2.75, 3.05) is 5.73 Å². The Kier molecular flexibility index (Phi) is 4.65. The standard InChI is InChI=1S/C15H14ClF3N2O2Si/c1-24(2,3)9-5-7(17)6(4-8(9)18)13-11(19)12(20)10(16)14(21-13)15(22)23/h4-5H,1-3H3,(H2,20,21)(H,22,23). The summed E-state index contributed by atoms with van der Waals surface area (Å²) in [7, 11) is -2.16. The van der Waals surface area contributed by atoms with Crippen LogP contribution in [-0.4, -0.2) is 24.1 Å². The van der Waals surface area contributed by atoms with E-state index in [1.165, 1.54) is 0 Å². The number of nitrogens with zero attached hydrogens (tertiary/aromatic N) is 1. The Labute approximate surface area is 142 Å². The fraction of sp³-hybridized carbons (Fsp3) is 0.200. The molecule has 0 spiro atoms. The van der Waals surface area contributed by atoms with Crippen LogP contribution >= 0.6 is 11.6 Å². The van der Waals surface area contributed by atoms with Crippen LogP contribution in [0.5, 0.6) is 0 Å². The molecule has 0 fully saturated rings. The zero-order chi connectivity index (χ0) is 18.4. The largest absolute Gasteiger partial charge is 0.476 e. The van der Waals surface area contributed by atoms with Crippen LogP contribution in [0.3, 0.4) is 0 Å². The number of hydrogen-bond donors (Lipinski definition) is 2. The zero-order valence-corrected chi connectivity index (χ0v) is 14.8. The molecule has 0 aliphatic carbocycles. The Morgan fingerprint density at radius 3 is 2.29 bits per heavy atom. The van der Waals surface area contributed by atoms with Crippen LogP contribution in [0.15, 0.2) is 12.1 Å².